The van der Waals surface area contributed by atoms with Crippen molar-refractivity contribution >= 4 is 40.5 Å². The van der Waals surface area contributed by atoms with E-state index in [1.165, 1.54) is 6.07 Å². The number of alkyl halides is 3. The summed E-state index contributed by atoms with van der Waals surface area (Å²) in [5.41, 5.74) is 1.36. The van der Waals surface area contributed by atoms with Crippen molar-refractivity contribution in [1.82, 2.24) is 25.7 Å². The predicted octanol–water partition coefficient (Wildman–Crippen LogP) is 3.27. The molecule has 32 heavy (non-hydrogen) atoms. The summed E-state index contributed by atoms with van der Waals surface area (Å²) < 4.78 is 39.4. The Hall–Kier alpha value is -2.89. The summed E-state index contributed by atoms with van der Waals surface area (Å²) in [4.78, 5) is 44.7. The highest BCUT2D eigenvalue weighted by Crippen LogP contribution is 2.36. The molecule has 2 N–H and O–H groups in total. The van der Waals surface area contributed by atoms with E-state index in [9.17, 15) is 27.6 Å². The molecule has 2 aliphatic rings. The molecular formula is C20H20F3N5O3S. The van der Waals surface area contributed by atoms with Crippen LogP contribution < -0.4 is 10.7 Å². The van der Waals surface area contributed by atoms with Crippen molar-refractivity contribution in [3.8, 4) is 0 Å². The van der Waals surface area contributed by atoms with Crippen molar-refractivity contribution in [1.29, 1.82) is 0 Å². The lowest BCUT2D eigenvalue weighted by atomic mass is 9.77. The number of benzene rings is 1. The minimum atomic E-state index is -4.74. The molecule has 2 aromatic rings. The van der Waals surface area contributed by atoms with E-state index in [2.05, 4.69) is 27.6 Å². The number of fused-ring (bicyclic) bond motifs is 1. The van der Waals surface area contributed by atoms with Gasteiger partial charge in [-0.15, -0.1) is 0 Å². The molecule has 4 amide bonds. The number of imide groups is 1. The third-order valence-electron chi connectivity index (χ3n) is 5.69. The van der Waals surface area contributed by atoms with Crippen LogP contribution in [0.2, 0.25) is 0 Å². The molecule has 8 nitrogen and oxygen atoms in total. The van der Waals surface area contributed by atoms with Gasteiger partial charge in [-0.1, -0.05) is 36.9 Å². The number of halogens is 3. The van der Waals surface area contributed by atoms with Crippen LogP contribution in [-0.2, 0) is 15.8 Å². The average molecular weight is 467 g/mol. The first-order chi connectivity index (χ1) is 15.1. The fourth-order valence-corrected chi connectivity index (χ4v) is 4.70. The highest BCUT2D eigenvalue weighted by atomic mass is 32.2. The molecule has 0 radical (unpaired) electrons. The monoisotopic (exact) mass is 467 g/mol. The summed E-state index contributed by atoms with van der Waals surface area (Å²) in [6, 6.07) is 5.45. The van der Waals surface area contributed by atoms with Crippen LogP contribution in [0.5, 0.6) is 0 Å². The molecule has 1 spiro atoms. The van der Waals surface area contributed by atoms with E-state index in [1.807, 2.05) is 0 Å². The lowest BCUT2D eigenvalue weighted by Gasteiger charge is -2.33. The number of thioether (sulfide) groups is 1. The maximum Gasteiger partial charge on any atom is 0.451 e. The number of rotatable bonds is 4. The normalized spacial score (nSPS) is 23.6. The number of carbonyl (C=O) groups excluding carboxylic acids is 3. The second kappa shape index (κ2) is 8.23. The summed E-state index contributed by atoms with van der Waals surface area (Å²) in [5, 5.41) is 3.70. The van der Waals surface area contributed by atoms with E-state index in [1.54, 1.807) is 18.2 Å². The van der Waals surface area contributed by atoms with Gasteiger partial charge in [-0.05, 0) is 37.7 Å². The van der Waals surface area contributed by atoms with Gasteiger partial charge in [-0.25, -0.2) is 14.8 Å². The lowest BCUT2D eigenvalue weighted by molar-refractivity contribution is -0.145. The quantitative estimate of drug-likeness (QED) is 0.406. The van der Waals surface area contributed by atoms with E-state index in [4.69, 9.17) is 0 Å². The Labute approximate surface area is 185 Å². The van der Waals surface area contributed by atoms with Gasteiger partial charge in [-0.3, -0.25) is 15.0 Å². The van der Waals surface area contributed by atoms with Crippen LogP contribution >= 0.6 is 11.8 Å². The molecule has 2 heterocycles. The molecule has 1 saturated heterocycles. The number of urea groups is 1. The molecule has 2 fully saturated rings. The average Bonchev–Trinajstić information content (AvgIpc) is 2.97. The fraction of sp³-hybridized carbons (Fsp3) is 0.450. The topological polar surface area (TPSA) is 104 Å². The summed E-state index contributed by atoms with van der Waals surface area (Å²) in [6.45, 7) is 2.08. The maximum atomic E-state index is 13.1. The molecule has 1 aliphatic heterocycles. The first-order valence-electron chi connectivity index (χ1n) is 10.0. The zero-order valence-corrected chi connectivity index (χ0v) is 17.8. The fourth-order valence-electron chi connectivity index (χ4n) is 3.89. The summed E-state index contributed by atoms with van der Waals surface area (Å²) in [7, 11) is 0. The Morgan fingerprint density at radius 3 is 2.62 bits per heavy atom. The standard InChI is InChI=1S/C20H20F3N5O3S/c1-11-6-8-19(9-7-11)17(30)28(18(31)26-19)27-14(29)10-32-15-12-4-2-3-5-13(12)24-16(25-15)20(21,22)23/h2-5,11H,6-10H2,1H3,(H,26,31)(H,27,29). The SMILES string of the molecule is CC1CCC2(CC1)NC(=O)N(NC(=O)CSc1nc(C(F)(F)F)nc3ccccc13)C2=O. The Morgan fingerprint density at radius 2 is 1.94 bits per heavy atom. The third-order valence-corrected chi connectivity index (χ3v) is 6.68. The second-order valence-electron chi connectivity index (χ2n) is 8.03. The van der Waals surface area contributed by atoms with Gasteiger partial charge < -0.3 is 5.32 Å². The summed E-state index contributed by atoms with van der Waals surface area (Å²) >= 11 is 0.769. The largest absolute Gasteiger partial charge is 0.451 e. The number of carbonyl (C=O) groups is 3. The molecule has 1 saturated carbocycles. The maximum absolute atomic E-state index is 13.1. The molecule has 1 aliphatic carbocycles. The van der Waals surface area contributed by atoms with Crippen molar-refractivity contribution in [2.24, 2.45) is 5.92 Å². The van der Waals surface area contributed by atoms with Crippen LogP contribution in [0.4, 0.5) is 18.0 Å². The van der Waals surface area contributed by atoms with Crippen molar-refractivity contribution in [2.75, 3.05) is 5.75 Å². The Morgan fingerprint density at radius 1 is 1.25 bits per heavy atom. The van der Waals surface area contributed by atoms with Gasteiger partial charge in [0.1, 0.15) is 10.6 Å². The number of hydrogen-bond donors (Lipinski definition) is 2. The van der Waals surface area contributed by atoms with Gasteiger partial charge in [0.15, 0.2) is 0 Å². The Bertz CT molecular complexity index is 1090. The van der Waals surface area contributed by atoms with Crippen LogP contribution in [0.3, 0.4) is 0 Å². The predicted molar refractivity (Wildman–Crippen MR) is 109 cm³/mol. The van der Waals surface area contributed by atoms with E-state index < -0.39 is 35.4 Å². The van der Waals surface area contributed by atoms with Crippen LogP contribution in [0.25, 0.3) is 10.9 Å². The van der Waals surface area contributed by atoms with Crippen LogP contribution in [0.15, 0.2) is 29.3 Å². The number of hydrogen-bond acceptors (Lipinski definition) is 6. The van der Waals surface area contributed by atoms with Gasteiger partial charge in [0, 0.05) is 5.39 Å². The van der Waals surface area contributed by atoms with Crippen LogP contribution in [0.1, 0.15) is 38.4 Å². The van der Waals surface area contributed by atoms with Gasteiger partial charge in [0.05, 0.1) is 11.3 Å². The molecule has 4 rings (SSSR count). The van der Waals surface area contributed by atoms with E-state index in [0.29, 0.717) is 29.2 Å². The smallest absolute Gasteiger partial charge is 0.322 e. The molecule has 170 valence electrons. The lowest BCUT2D eigenvalue weighted by Crippen LogP contribution is -2.51. The number of aromatic nitrogens is 2. The van der Waals surface area contributed by atoms with Crippen LogP contribution in [-0.4, -0.2) is 44.1 Å². The molecule has 0 unspecified atom stereocenters. The first kappa shape index (κ1) is 22.3. The first-order valence-corrected chi connectivity index (χ1v) is 11.0. The van der Waals surface area contributed by atoms with Gasteiger partial charge in [0.2, 0.25) is 11.7 Å². The van der Waals surface area contributed by atoms with Gasteiger partial charge in [-0.2, -0.15) is 18.2 Å². The number of hydrazine groups is 1. The highest BCUT2D eigenvalue weighted by Gasteiger charge is 2.52. The Kier molecular flexibility index (Phi) is 5.74. The second-order valence-corrected chi connectivity index (χ2v) is 8.99. The van der Waals surface area contributed by atoms with E-state index in [-0.39, 0.29) is 16.3 Å². The molecule has 0 atom stereocenters. The molecule has 1 aromatic carbocycles. The van der Waals surface area contributed by atoms with Crippen molar-refractivity contribution in [3.05, 3.63) is 30.1 Å². The number of nitrogens with zero attached hydrogens (tertiary/aromatic N) is 3. The molecule has 1 aromatic heterocycles. The number of para-hydroxylation sites is 1. The van der Waals surface area contributed by atoms with Crippen molar-refractivity contribution in [2.45, 2.75) is 49.3 Å². The molecule has 12 heteroatoms. The zero-order chi connectivity index (χ0) is 23.1. The third kappa shape index (κ3) is 4.23. The minimum Gasteiger partial charge on any atom is -0.322 e. The van der Waals surface area contributed by atoms with Crippen LogP contribution in [0, 0.1) is 5.92 Å². The molecule has 0 bridgehead atoms. The van der Waals surface area contributed by atoms with Gasteiger partial charge >= 0.3 is 12.2 Å². The molecular weight excluding hydrogens is 447 g/mol. The van der Waals surface area contributed by atoms with Gasteiger partial charge in [0.25, 0.3) is 5.91 Å². The highest BCUT2D eigenvalue weighted by molar-refractivity contribution is 8.00. The van der Waals surface area contributed by atoms with E-state index in [0.717, 1.165) is 24.6 Å². The number of nitrogens with one attached hydrogen (secondary N) is 2. The number of amides is 4. The summed E-state index contributed by atoms with van der Waals surface area (Å²) in [6.07, 6.45) is -2.19. The zero-order valence-electron chi connectivity index (χ0n) is 17.0. The van der Waals surface area contributed by atoms with Crippen molar-refractivity contribution in [3.63, 3.8) is 0 Å². The Balaban J connectivity index is 1.46. The minimum absolute atomic E-state index is 0.0204. The van der Waals surface area contributed by atoms with Crippen molar-refractivity contribution < 1.29 is 27.6 Å². The van der Waals surface area contributed by atoms with E-state index >= 15 is 0 Å². The summed E-state index contributed by atoms with van der Waals surface area (Å²) in [5.74, 6) is -2.42.